The Morgan fingerprint density at radius 2 is 2.00 bits per heavy atom. The van der Waals surface area contributed by atoms with Crippen LogP contribution in [0.3, 0.4) is 0 Å². The van der Waals surface area contributed by atoms with Crippen LogP contribution in [0.15, 0.2) is 24.3 Å². The van der Waals surface area contributed by atoms with Crippen molar-refractivity contribution in [2.45, 2.75) is 26.2 Å². The summed E-state index contributed by atoms with van der Waals surface area (Å²) in [6.45, 7) is 6.37. The minimum atomic E-state index is -0.223. The second kappa shape index (κ2) is 5.87. The van der Waals surface area contributed by atoms with Gasteiger partial charge in [-0.25, -0.2) is 5.06 Å². The molecule has 100 valence electrons. The van der Waals surface area contributed by atoms with E-state index in [1.165, 1.54) is 12.7 Å². The van der Waals surface area contributed by atoms with Crippen LogP contribution in [0.25, 0.3) is 0 Å². The highest BCUT2D eigenvalue weighted by molar-refractivity contribution is 5.76. The lowest BCUT2D eigenvalue weighted by atomic mass is 9.87. The Kier molecular flexibility index (Phi) is 4.73. The lowest BCUT2D eigenvalue weighted by Gasteiger charge is -2.20. The van der Waals surface area contributed by atoms with Crippen molar-refractivity contribution in [3.8, 4) is 5.75 Å². The van der Waals surface area contributed by atoms with Crippen molar-refractivity contribution in [3.63, 3.8) is 0 Å². The molecule has 0 bridgehead atoms. The van der Waals surface area contributed by atoms with Crippen molar-refractivity contribution in [1.29, 1.82) is 0 Å². The molecule has 0 aromatic heterocycles. The molecule has 1 amide bonds. The average Bonchev–Trinajstić information content (AvgIpc) is 2.34. The van der Waals surface area contributed by atoms with Crippen LogP contribution in [0.4, 0.5) is 0 Å². The molecule has 0 saturated heterocycles. The van der Waals surface area contributed by atoms with Crippen LogP contribution in [0.2, 0.25) is 0 Å². The number of hydrogen-bond donors (Lipinski definition) is 0. The van der Waals surface area contributed by atoms with Gasteiger partial charge in [-0.1, -0.05) is 32.9 Å². The van der Waals surface area contributed by atoms with E-state index in [0.717, 1.165) is 5.06 Å². The van der Waals surface area contributed by atoms with Crippen LogP contribution in [0.5, 0.6) is 5.75 Å². The van der Waals surface area contributed by atoms with E-state index in [9.17, 15) is 4.79 Å². The van der Waals surface area contributed by atoms with Gasteiger partial charge in [-0.15, -0.1) is 0 Å². The number of benzene rings is 1. The molecule has 0 aliphatic heterocycles. The molecule has 0 aliphatic carbocycles. The minimum absolute atomic E-state index is 0.0298. The number of likely N-dealkylation sites (N-methyl/N-ethyl adjacent to an activating group) is 1. The number of carbonyl (C=O) groups is 1. The molecule has 0 atom stereocenters. The second-order valence-corrected chi connectivity index (χ2v) is 5.14. The van der Waals surface area contributed by atoms with Gasteiger partial charge in [-0.05, 0) is 23.1 Å². The van der Waals surface area contributed by atoms with Gasteiger partial charge in [0.1, 0.15) is 5.75 Å². The fourth-order valence-electron chi connectivity index (χ4n) is 1.39. The van der Waals surface area contributed by atoms with Gasteiger partial charge in [-0.3, -0.25) is 9.63 Å². The summed E-state index contributed by atoms with van der Waals surface area (Å²) in [5.74, 6) is 0.471. The van der Waals surface area contributed by atoms with Gasteiger partial charge in [0.15, 0.2) is 6.61 Å². The van der Waals surface area contributed by atoms with Crippen LogP contribution in [-0.4, -0.2) is 31.7 Å². The third kappa shape index (κ3) is 4.04. The summed E-state index contributed by atoms with van der Waals surface area (Å²) in [6, 6.07) is 7.78. The number of nitrogens with zero attached hydrogens (tertiary/aromatic N) is 1. The molecule has 4 nitrogen and oxygen atoms in total. The molecule has 18 heavy (non-hydrogen) atoms. The summed E-state index contributed by atoms with van der Waals surface area (Å²) in [5, 5.41) is 1.15. The number of ether oxygens (including phenoxy) is 1. The molecular formula is C14H21NO3. The van der Waals surface area contributed by atoms with E-state index in [2.05, 4.69) is 26.8 Å². The van der Waals surface area contributed by atoms with Gasteiger partial charge in [0.25, 0.3) is 5.91 Å². The lowest BCUT2D eigenvalue weighted by molar-refractivity contribution is -0.170. The molecule has 0 aliphatic rings. The van der Waals surface area contributed by atoms with Gasteiger partial charge < -0.3 is 4.74 Å². The third-order valence-electron chi connectivity index (χ3n) is 2.69. The van der Waals surface area contributed by atoms with Crippen LogP contribution in [-0.2, 0) is 15.0 Å². The van der Waals surface area contributed by atoms with E-state index in [1.54, 1.807) is 7.05 Å². The third-order valence-corrected chi connectivity index (χ3v) is 2.69. The maximum atomic E-state index is 11.5. The summed E-state index contributed by atoms with van der Waals surface area (Å²) in [4.78, 5) is 16.3. The van der Waals surface area contributed by atoms with Gasteiger partial charge in [0.2, 0.25) is 0 Å². The molecule has 1 aromatic rings. The first kappa shape index (κ1) is 14.5. The average molecular weight is 251 g/mol. The number of hydrogen-bond acceptors (Lipinski definition) is 3. The van der Waals surface area contributed by atoms with Crippen molar-refractivity contribution < 1.29 is 14.4 Å². The van der Waals surface area contributed by atoms with E-state index in [0.29, 0.717) is 5.75 Å². The van der Waals surface area contributed by atoms with E-state index < -0.39 is 0 Å². The minimum Gasteiger partial charge on any atom is -0.484 e. The first-order chi connectivity index (χ1) is 8.34. The summed E-state index contributed by atoms with van der Waals surface area (Å²) in [6.07, 6.45) is 0. The van der Waals surface area contributed by atoms with Crippen molar-refractivity contribution in [2.24, 2.45) is 0 Å². The Morgan fingerprint density at radius 3 is 2.56 bits per heavy atom. The second-order valence-electron chi connectivity index (χ2n) is 5.14. The molecule has 4 heteroatoms. The number of hydroxylamine groups is 2. The molecule has 0 N–H and O–H groups in total. The van der Waals surface area contributed by atoms with E-state index in [4.69, 9.17) is 9.57 Å². The number of amides is 1. The molecular weight excluding hydrogens is 230 g/mol. The van der Waals surface area contributed by atoms with Crippen LogP contribution >= 0.6 is 0 Å². The summed E-state index contributed by atoms with van der Waals surface area (Å²) in [5.41, 5.74) is 1.24. The standard InChI is InChI=1S/C14H21NO3/c1-14(2,3)11-7-6-8-12(9-11)18-10-13(16)15(4)17-5/h6-9H,10H2,1-5H3. The largest absolute Gasteiger partial charge is 0.484 e. The number of rotatable bonds is 4. The molecule has 0 fully saturated rings. The maximum Gasteiger partial charge on any atom is 0.283 e. The van der Waals surface area contributed by atoms with Crippen LogP contribution in [0, 0.1) is 0 Å². The Labute approximate surface area is 108 Å². The summed E-state index contributed by atoms with van der Waals surface area (Å²) < 4.78 is 5.46. The molecule has 1 aromatic carbocycles. The predicted octanol–water partition coefficient (Wildman–Crippen LogP) is 2.38. The molecule has 0 unspecified atom stereocenters. The first-order valence-electron chi connectivity index (χ1n) is 5.88. The van der Waals surface area contributed by atoms with Gasteiger partial charge >= 0.3 is 0 Å². The Hall–Kier alpha value is -1.55. The molecule has 1 rings (SSSR count). The zero-order valence-corrected chi connectivity index (χ0v) is 11.7. The highest BCUT2D eigenvalue weighted by atomic mass is 16.7. The molecule has 0 spiro atoms. The highest BCUT2D eigenvalue weighted by Crippen LogP contribution is 2.25. The Balaban J connectivity index is 2.66. The van der Waals surface area contributed by atoms with E-state index in [1.807, 2.05) is 18.2 Å². The van der Waals surface area contributed by atoms with Crippen molar-refractivity contribution in [3.05, 3.63) is 29.8 Å². The van der Waals surface area contributed by atoms with E-state index in [-0.39, 0.29) is 17.9 Å². The highest BCUT2D eigenvalue weighted by Gasteiger charge is 2.14. The van der Waals surface area contributed by atoms with Crippen molar-refractivity contribution >= 4 is 5.91 Å². The Morgan fingerprint density at radius 1 is 1.33 bits per heavy atom. The maximum absolute atomic E-state index is 11.5. The normalized spacial score (nSPS) is 11.2. The zero-order chi connectivity index (χ0) is 13.8. The Bertz CT molecular complexity index is 410. The fourth-order valence-corrected chi connectivity index (χ4v) is 1.39. The summed E-state index contributed by atoms with van der Waals surface area (Å²) in [7, 11) is 3.00. The summed E-state index contributed by atoms with van der Waals surface area (Å²) >= 11 is 0. The predicted molar refractivity (Wildman–Crippen MR) is 70.4 cm³/mol. The molecule has 0 radical (unpaired) electrons. The number of carbonyl (C=O) groups excluding carboxylic acids is 1. The topological polar surface area (TPSA) is 38.8 Å². The fraction of sp³-hybridized carbons (Fsp3) is 0.500. The monoisotopic (exact) mass is 251 g/mol. The molecule has 0 saturated carbocycles. The smallest absolute Gasteiger partial charge is 0.283 e. The quantitative estimate of drug-likeness (QED) is 0.771. The van der Waals surface area contributed by atoms with Gasteiger partial charge in [-0.2, -0.15) is 0 Å². The SMILES string of the molecule is CON(C)C(=O)COc1cccc(C(C)(C)C)c1. The first-order valence-corrected chi connectivity index (χ1v) is 5.88. The van der Waals surface area contributed by atoms with Crippen molar-refractivity contribution in [1.82, 2.24) is 5.06 Å². The lowest BCUT2D eigenvalue weighted by Crippen LogP contribution is -2.30. The van der Waals surface area contributed by atoms with Crippen LogP contribution < -0.4 is 4.74 Å². The van der Waals surface area contributed by atoms with Crippen LogP contribution in [0.1, 0.15) is 26.3 Å². The molecule has 0 heterocycles. The van der Waals surface area contributed by atoms with Crippen molar-refractivity contribution in [2.75, 3.05) is 20.8 Å². The van der Waals surface area contributed by atoms with Gasteiger partial charge in [0.05, 0.1) is 7.11 Å². The van der Waals surface area contributed by atoms with Gasteiger partial charge in [0, 0.05) is 7.05 Å². The zero-order valence-electron chi connectivity index (χ0n) is 11.7. The van der Waals surface area contributed by atoms with E-state index >= 15 is 0 Å².